The molecule has 0 aliphatic carbocycles. The molecule has 0 bridgehead atoms. The van der Waals surface area contributed by atoms with Crippen LogP contribution in [0.4, 0.5) is 11.6 Å². The van der Waals surface area contributed by atoms with Gasteiger partial charge in [0.1, 0.15) is 4.90 Å². The highest BCUT2D eigenvalue weighted by molar-refractivity contribution is 7.86. The van der Waals surface area contributed by atoms with Crippen molar-refractivity contribution in [3.63, 3.8) is 0 Å². The first-order valence-electron chi connectivity index (χ1n) is 5.82. The van der Waals surface area contributed by atoms with Gasteiger partial charge in [-0.2, -0.15) is 31.8 Å². The summed E-state index contributed by atoms with van der Waals surface area (Å²) in [5.74, 6) is -0.288. The van der Waals surface area contributed by atoms with Gasteiger partial charge in [0.15, 0.2) is 0 Å². The van der Waals surface area contributed by atoms with Crippen LogP contribution in [0.5, 0.6) is 6.01 Å². The van der Waals surface area contributed by atoms with Gasteiger partial charge in [-0.15, -0.1) is 0 Å². The summed E-state index contributed by atoms with van der Waals surface area (Å²) >= 11 is 5.64. The summed E-state index contributed by atoms with van der Waals surface area (Å²) < 4.78 is 68.2. The number of ether oxygens (including phenoxy) is 1. The Bertz CT molecular complexity index is 994. The minimum Gasteiger partial charge on any atom is -0.467 e. The fourth-order valence-corrected chi connectivity index (χ4v) is 2.88. The quantitative estimate of drug-likeness (QED) is 0.610. The van der Waals surface area contributed by atoms with Crippen LogP contribution in [0.3, 0.4) is 0 Å². The van der Waals surface area contributed by atoms with E-state index in [2.05, 4.69) is 20.3 Å². The van der Waals surface area contributed by atoms with E-state index < -0.39 is 35.7 Å². The van der Waals surface area contributed by atoms with Gasteiger partial charge in [-0.1, -0.05) is 0 Å². The molecule has 0 aliphatic rings. The van der Waals surface area contributed by atoms with E-state index in [1.165, 1.54) is 7.11 Å². The number of benzene rings is 1. The standard InChI is InChI=1S/C10H9ClN4O7S2/c1-22-10-14-8(11)13-9(15-10)12-6-4-5(23(16,17)18)2-3-7(6)24(19,20)21/h2-4H,1H3,(H,16,17,18)(H,19,20,21)(H,12,13,14,15). The molecule has 0 unspecified atom stereocenters. The molecule has 3 N–H and O–H groups in total. The number of aromatic nitrogens is 3. The van der Waals surface area contributed by atoms with Crippen LogP contribution in [0, 0.1) is 0 Å². The van der Waals surface area contributed by atoms with Gasteiger partial charge in [0.2, 0.25) is 11.2 Å². The lowest BCUT2D eigenvalue weighted by atomic mass is 10.3. The summed E-state index contributed by atoms with van der Waals surface area (Å²) in [6, 6.07) is 2.14. The Morgan fingerprint density at radius 2 is 1.75 bits per heavy atom. The van der Waals surface area contributed by atoms with Gasteiger partial charge in [-0.25, -0.2) is 0 Å². The predicted octanol–water partition coefficient (Wildman–Crippen LogP) is 0.771. The Balaban J connectivity index is 2.61. The average molecular weight is 397 g/mol. The zero-order valence-corrected chi connectivity index (χ0v) is 14.1. The molecule has 0 atom stereocenters. The van der Waals surface area contributed by atoms with Gasteiger partial charge >= 0.3 is 6.01 Å². The van der Waals surface area contributed by atoms with Crippen LogP contribution < -0.4 is 10.1 Å². The molecule has 2 aromatic rings. The third-order valence-electron chi connectivity index (χ3n) is 2.54. The van der Waals surface area contributed by atoms with Gasteiger partial charge in [0, 0.05) is 0 Å². The molecule has 0 saturated heterocycles. The highest BCUT2D eigenvalue weighted by Gasteiger charge is 2.20. The van der Waals surface area contributed by atoms with Crippen LogP contribution in [-0.4, -0.2) is 48.0 Å². The lowest BCUT2D eigenvalue weighted by Gasteiger charge is -2.11. The molecule has 11 nitrogen and oxygen atoms in total. The van der Waals surface area contributed by atoms with Crippen molar-refractivity contribution in [2.45, 2.75) is 9.79 Å². The first kappa shape index (κ1) is 18.3. The minimum absolute atomic E-state index is 0.197. The molecule has 1 aromatic heterocycles. The van der Waals surface area contributed by atoms with Crippen molar-refractivity contribution in [2.24, 2.45) is 0 Å². The molecular formula is C10H9ClN4O7S2. The van der Waals surface area contributed by atoms with Crippen molar-refractivity contribution in [3.8, 4) is 6.01 Å². The zero-order chi connectivity index (χ0) is 18.1. The van der Waals surface area contributed by atoms with Crippen molar-refractivity contribution >= 4 is 43.5 Å². The Kier molecular flexibility index (Phi) is 4.91. The number of nitrogens with zero attached hydrogens (tertiary/aromatic N) is 3. The Morgan fingerprint density at radius 3 is 2.29 bits per heavy atom. The van der Waals surface area contributed by atoms with Gasteiger partial charge < -0.3 is 10.1 Å². The number of rotatable bonds is 5. The van der Waals surface area contributed by atoms with E-state index in [4.69, 9.17) is 20.9 Å². The minimum atomic E-state index is -4.72. The first-order valence-corrected chi connectivity index (χ1v) is 9.08. The van der Waals surface area contributed by atoms with E-state index in [1.807, 2.05) is 0 Å². The Morgan fingerprint density at radius 1 is 1.08 bits per heavy atom. The maximum absolute atomic E-state index is 11.4. The molecule has 0 saturated carbocycles. The van der Waals surface area contributed by atoms with E-state index in [0.29, 0.717) is 0 Å². The second-order valence-electron chi connectivity index (χ2n) is 4.15. The molecule has 2 rings (SSSR count). The molecular weight excluding hydrogens is 388 g/mol. The summed E-state index contributed by atoms with van der Waals surface area (Å²) in [5, 5.41) is 2.08. The van der Waals surface area contributed by atoms with Crippen LogP contribution in [0.2, 0.25) is 5.28 Å². The summed E-state index contributed by atoms with van der Waals surface area (Å²) in [6.45, 7) is 0. The zero-order valence-electron chi connectivity index (χ0n) is 11.7. The second kappa shape index (κ2) is 6.45. The first-order chi connectivity index (χ1) is 11.0. The number of hydrogen-bond donors (Lipinski definition) is 3. The van der Waals surface area contributed by atoms with Crippen molar-refractivity contribution in [1.82, 2.24) is 15.0 Å². The van der Waals surface area contributed by atoms with Crippen LogP contribution >= 0.6 is 11.6 Å². The van der Waals surface area contributed by atoms with E-state index in [-0.39, 0.29) is 17.2 Å². The smallest absolute Gasteiger partial charge is 0.322 e. The monoisotopic (exact) mass is 396 g/mol. The lowest BCUT2D eigenvalue weighted by molar-refractivity contribution is 0.379. The molecule has 130 valence electrons. The summed E-state index contributed by atoms with van der Waals surface area (Å²) in [6.07, 6.45) is 0. The number of methoxy groups -OCH3 is 1. The van der Waals surface area contributed by atoms with Crippen LogP contribution in [0.15, 0.2) is 28.0 Å². The highest BCUT2D eigenvalue weighted by Crippen LogP contribution is 2.27. The number of hydrogen-bond acceptors (Lipinski definition) is 9. The number of halogens is 1. The van der Waals surface area contributed by atoms with Gasteiger partial charge in [0.05, 0.1) is 17.7 Å². The fourth-order valence-electron chi connectivity index (χ4n) is 1.59. The Hall–Kier alpha value is -2.06. The van der Waals surface area contributed by atoms with Crippen molar-refractivity contribution in [1.29, 1.82) is 0 Å². The Labute approximate surface area is 141 Å². The van der Waals surface area contributed by atoms with E-state index in [0.717, 1.165) is 18.2 Å². The topological polar surface area (TPSA) is 169 Å². The van der Waals surface area contributed by atoms with Crippen molar-refractivity contribution in [3.05, 3.63) is 23.5 Å². The molecule has 14 heteroatoms. The molecule has 1 aromatic carbocycles. The molecule has 1 heterocycles. The lowest BCUT2D eigenvalue weighted by Crippen LogP contribution is -2.08. The van der Waals surface area contributed by atoms with Crippen LogP contribution in [-0.2, 0) is 20.2 Å². The normalized spacial score (nSPS) is 12.0. The van der Waals surface area contributed by atoms with Crippen LogP contribution in [0.1, 0.15) is 0 Å². The summed E-state index contributed by atoms with van der Waals surface area (Å²) in [4.78, 5) is 9.69. The number of anilines is 2. The molecule has 0 amide bonds. The van der Waals surface area contributed by atoms with E-state index >= 15 is 0 Å². The molecule has 0 aliphatic heterocycles. The summed E-state index contributed by atoms with van der Waals surface area (Å²) in [7, 11) is -8.09. The van der Waals surface area contributed by atoms with E-state index in [1.54, 1.807) is 0 Å². The third kappa shape index (κ3) is 4.27. The van der Waals surface area contributed by atoms with E-state index in [9.17, 15) is 21.4 Å². The maximum Gasteiger partial charge on any atom is 0.322 e. The average Bonchev–Trinajstić information content (AvgIpc) is 2.44. The SMILES string of the molecule is COc1nc(Cl)nc(Nc2cc(S(=O)(=O)O)ccc2S(=O)(=O)O)n1. The molecule has 24 heavy (non-hydrogen) atoms. The van der Waals surface area contributed by atoms with Crippen molar-refractivity contribution in [2.75, 3.05) is 12.4 Å². The molecule has 0 radical (unpaired) electrons. The van der Waals surface area contributed by atoms with Crippen molar-refractivity contribution < 1.29 is 30.7 Å². The third-order valence-corrected chi connectivity index (χ3v) is 4.47. The predicted molar refractivity (Wildman–Crippen MR) is 80.7 cm³/mol. The number of nitrogens with one attached hydrogen (secondary N) is 1. The second-order valence-corrected chi connectivity index (χ2v) is 7.30. The van der Waals surface area contributed by atoms with Gasteiger partial charge in [0.25, 0.3) is 20.2 Å². The van der Waals surface area contributed by atoms with Crippen LogP contribution in [0.25, 0.3) is 0 Å². The molecule has 0 fully saturated rings. The highest BCUT2D eigenvalue weighted by atomic mass is 35.5. The summed E-state index contributed by atoms with van der Waals surface area (Å²) in [5.41, 5.74) is -0.419. The van der Waals surface area contributed by atoms with Gasteiger partial charge in [-0.05, 0) is 29.8 Å². The molecule has 0 spiro atoms. The van der Waals surface area contributed by atoms with Gasteiger partial charge in [-0.3, -0.25) is 9.11 Å². The largest absolute Gasteiger partial charge is 0.467 e. The fraction of sp³-hybridized carbons (Fsp3) is 0.100. The maximum atomic E-state index is 11.4.